The molecule has 1 rings (SSSR count). The van der Waals surface area contributed by atoms with Gasteiger partial charge in [-0.2, -0.15) is 3.93 Å². The Morgan fingerprint density at radius 3 is 1.79 bits per heavy atom. The van der Waals surface area contributed by atoms with E-state index in [0.717, 1.165) is 3.93 Å². The first kappa shape index (κ1) is 12.0. The third-order valence-corrected chi connectivity index (χ3v) is 4.42. The number of rotatable bonds is 0. The van der Waals surface area contributed by atoms with Gasteiger partial charge in [-0.3, -0.25) is 4.79 Å². The molecule has 1 saturated heterocycles. The van der Waals surface area contributed by atoms with Crippen molar-refractivity contribution in [3.05, 3.63) is 0 Å². The van der Waals surface area contributed by atoms with E-state index in [0.29, 0.717) is 0 Å². The summed E-state index contributed by atoms with van der Waals surface area (Å²) in [5, 5.41) is 0. The molecule has 0 aliphatic carbocycles. The Morgan fingerprint density at radius 2 is 1.64 bits per heavy atom. The highest BCUT2D eigenvalue weighted by atomic mass is 79.9. The molecule has 1 aliphatic heterocycles. The van der Waals surface area contributed by atoms with E-state index in [1.165, 1.54) is 3.93 Å². The fourth-order valence-corrected chi connectivity index (χ4v) is 2.80. The van der Waals surface area contributed by atoms with E-state index in [1.807, 2.05) is 20.8 Å². The monoisotopic (exact) mass is 326 g/mol. The highest BCUT2D eigenvalue weighted by molar-refractivity contribution is 9.08. The molecule has 3 amide bonds. The largest absolute Gasteiger partial charge is 0.348 e. The lowest BCUT2D eigenvalue weighted by Crippen LogP contribution is -2.52. The lowest BCUT2D eigenvalue weighted by atomic mass is 9.75. The maximum absolute atomic E-state index is 11.9. The van der Waals surface area contributed by atoms with Crippen molar-refractivity contribution in [1.82, 2.24) is 7.85 Å². The first-order valence-electron chi connectivity index (χ1n) is 4.14. The Morgan fingerprint density at radius 1 is 1.21 bits per heavy atom. The van der Waals surface area contributed by atoms with E-state index in [-0.39, 0.29) is 11.3 Å². The molecule has 0 aromatic heterocycles. The maximum atomic E-state index is 11.9. The molecule has 1 fully saturated rings. The molecule has 0 saturated carbocycles. The van der Waals surface area contributed by atoms with Crippen molar-refractivity contribution < 1.29 is 9.59 Å². The predicted molar refractivity (Wildman–Crippen MR) is 59.8 cm³/mol. The van der Waals surface area contributed by atoms with E-state index in [2.05, 4.69) is 32.3 Å². The quantitative estimate of drug-likeness (QED) is 0.507. The zero-order valence-electron chi connectivity index (χ0n) is 8.47. The summed E-state index contributed by atoms with van der Waals surface area (Å²) in [6.45, 7) is 7.49. The Bertz CT molecular complexity index is 300. The van der Waals surface area contributed by atoms with E-state index >= 15 is 0 Å². The summed E-state index contributed by atoms with van der Waals surface area (Å²) < 4.78 is 2.24. The number of urea groups is 1. The summed E-state index contributed by atoms with van der Waals surface area (Å²) in [5.41, 5.74) is -1.21. The van der Waals surface area contributed by atoms with E-state index in [1.54, 1.807) is 6.92 Å². The molecule has 1 heterocycles. The number of amides is 3. The number of imide groups is 1. The van der Waals surface area contributed by atoms with Crippen molar-refractivity contribution in [2.24, 2.45) is 5.41 Å². The molecule has 0 aromatic carbocycles. The van der Waals surface area contributed by atoms with Gasteiger partial charge in [0, 0.05) is 0 Å². The van der Waals surface area contributed by atoms with Crippen LogP contribution in [0.1, 0.15) is 27.7 Å². The van der Waals surface area contributed by atoms with E-state index < -0.39 is 11.6 Å². The summed E-state index contributed by atoms with van der Waals surface area (Å²) in [4.78, 5) is 23.4. The Balaban J connectivity index is 3.25. The third kappa shape index (κ3) is 1.31. The van der Waals surface area contributed by atoms with Gasteiger partial charge in [0.1, 0.15) is 5.54 Å². The lowest BCUT2D eigenvalue weighted by Gasteiger charge is -2.38. The van der Waals surface area contributed by atoms with Crippen molar-refractivity contribution in [3.8, 4) is 0 Å². The van der Waals surface area contributed by atoms with Crippen LogP contribution in [0.5, 0.6) is 0 Å². The summed E-state index contributed by atoms with van der Waals surface area (Å²) >= 11 is 6.07. The molecule has 1 aliphatic rings. The molecule has 0 radical (unpaired) electrons. The minimum atomic E-state index is -0.867. The van der Waals surface area contributed by atoms with Gasteiger partial charge in [-0.25, -0.2) is 8.72 Å². The van der Waals surface area contributed by atoms with Crippen LogP contribution in [-0.2, 0) is 4.79 Å². The average molecular weight is 328 g/mol. The van der Waals surface area contributed by atoms with Gasteiger partial charge >= 0.3 is 6.03 Å². The molecule has 1 atom stereocenters. The van der Waals surface area contributed by atoms with Crippen LogP contribution in [0.15, 0.2) is 0 Å². The fourth-order valence-electron chi connectivity index (χ4n) is 1.25. The molecule has 0 spiro atoms. The molecule has 80 valence electrons. The van der Waals surface area contributed by atoms with Gasteiger partial charge in [0.15, 0.2) is 0 Å². The minimum absolute atomic E-state index is 0.258. The van der Waals surface area contributed by atoms with Crippen LogP contribution in [0, 0.1) is 5.41 Å². The van der Waals surface area contributed by atoms with Crippen molar-refractivity contribution in [1.29, 1.82) is 0 Å². The zero-order valence-corrected chi connectivity index (χ0v) is 11.6. The molecule has 1 unspecified atom stereocenters. The van der Waals surface area contributed by atoms with Gasteiger partial charge in [0.05, 0.1) is 32.3 Å². The van der Waals surface area contributed by atoms with Crippen LogP contribution in [0.25, 0.3) is 0 Å². The molecular formula is C8H12Br2N2O2. The Hall–Kier alpha value is -0.100. The van der Waals surface area contributed by atoms with Crippen molar-refractivity contribution in [3.63, 3.8) is 0 Å². The number of hydrogen-bond acceptors (Lipinski definition) is 2. The summed E-state index contributed by atoms with van der Waals surface area (Å²) in [6, 6.07) is -0.396. The second-order valence-corrected chi connectivity index (χ2v) is 5.89. The van der Waals surface area contributed by atoms with Crippen LogP contribution >= 0.6 is 32.3 Å². The maximum Gasteiger partial charge on any atom is 0.348 e. The number of carbonyl (C=O) groups is 2. The van der Waals surface area contributed by atoms with Crippen LogP contribution in [0.3, 0.4) is 0 Å². The average Bonchev–Trinajstić information content (AvgIpc) is 2.21. The Labute approximate surface area is 100 Å². The van der Waals surface area contributed by atoms with Gasteiger partial charge in [0.25, 0.3) is 5.91 Å². The van der Waals surface area contributed by atoms with Crippen LogP contribution in [0.4, 0.5) is 4.79 Å². The number of halogens is 2. The first-order chi connectivity index (χ1) is 6.14. The normalized spacial score (nSPS) is 29.0. The molecule has 14 heavy (non-hydrogen) atoms. The highest BCUT2D eigenvalue weighted by Crippen LogP contribution is 2.44. The van der Waals surface area contributed by atoms with Crippen molar-refractivity contribution >= 4 is 44.2 Å². The van der Waals surface area contributed by atoms with Gasteiger partial charge in [0.2, 0.25) is 0 Å². The van der Waals surface area contributed by atoms with Gasteiger partial charge in [-0.1, -0.05) is 20.8 Å². The third-order valence-electron chi connectivity index (χ3n) is 2.78. The predicted octanol–water partition coefficient (Wildman–Crippen LogP) is 2.68. The van der Waals surface area contributed by atoms with Gasteiger partial charge in [-0.05, 0) is 12.3 Å². The summed E-state index contributed by atoms with van der Waals surface area (Å²) in [6.07, 6.45) is 0. The zero-order chi connectivity index (χ0) is 11.3. The molecule has 0 bridgehead atoms. The minimum Gasteiger partial charge on any atom is -0.271 e. The second-order valence-electron chi connectivity index (χ2n) is 4.47. The second kappa shape index (κ2) is 3.20. The van der Waals surface area contributed by atoms with E-state index in [4.69, 9.17) is 0 Å². The highest BCUT2D eigenvalue weighted by Gasteiger charge is 2.59. The summed E-state index contributed by atoms with van der Waals surface area (Å²) in [5.74, 6) is -0.258. The van der Waals surface area contributed by atoms with Crippen molar-refractivity contribution in [2.75, 3.05) is 0 Å². The van der Waals surface area contributed by atoms with Gasteiger partial charge in [-0.15, -0.1) is 0 Å². The van der Waals surface area contributed by atoms with Crippen LogP contribution in [0.2, 0.25) is 0 Å². The molecule has 6 heteroatoms. The Kier molecular flexibility index (Phi) is 2.73. The number of hydrogen-bond donors (Lipinski definition) is 0. The fraction of sp³-hybridized carbons (Fsp3) is 0.750. The first-order valence-corrected chi connectivity index (χ1v) is 5.56. The topological polar surface area (TPSA) is 40.6 Å². The lowest BCUT2D eigenvalue weighted by molar-refractivity contribution is -0.131. The van der Waals surface area contributed by atoms with Crippen molar-refractivity contribution in [2.45, 2.75) is 33.2 Å². The van der Waals surface area contributed by atoms with Crippen LogP contribution in [-0.4, -0.2) is 25.3 Å². The SMILES string of the molecule is CC(C)(C)C1(C)C(=O)N(Br)C(=O)N1Br. The van der Waals surface area contributed by atoms with E-state index in [9.17, 15) is 9.59 Å². The molecule has 0 aromatic rings. The van der Waals surface area contributed by atoms with Gasteiger partial charge < -0.3 is 0 Å². The smallest absolute Gasteiger partial charge is 0.271 e. The van der Waals surface area contributed by atoms with Crippen LogP contribution < -0.4 is 0 Å². The summed E-state index contributed by atoms with van der Waals surface area (Å²) in [7, 11) is 0. The molecular weight excluding hydrogens is 316 g/mol. The number of nitrogens with zero attached hydrogens (tertiary/aromatic N) is 2. The standard InChI is InChI=1S/C8H12Br2N2O2/c1-7(2,3)8(4)5(13)11(9)6(14)12(8)10/h1-4H3. The molecule has 4 nitrogen and oxygen atoms in total. The molecule has 0 N–H and O–H groups in total. The number of carbonyl (C=O) groups excluding carboxylic acids is 2.